The molecule has 0 aliphatic heterocycles. The highest BCUT2D eigenvalue weighted by Gasteiger charge is 2.19. The first kappa shape index (κ1) is 16.8. The van der Waals surface area contributed by atoms with E-state index in [0.717, 1.165) is 24.5 Å². The molecule has 25 heavy (non-hydrogen) atoms. The molecule has 0 bridgehead atoms. The van der Waals surface area contributed by atoms with E-state index in [9.17, 15) is 17.2 Å². The number of nitrogens with one attached hydrogen (secondary N) is 1. The van der Waals surface area contributed by atoms with Gasteiger partial charge in [-0.1, -0.05) is 24.3 Å². The van der Waals surface area contributed by atoms with Gasteiger partial charge in [0.25, 0.3) is 10.0 Å². The molecule has 6 nitrogen and oxygen atoms in total. The van der Waals surface area contributed by atoms with E-state index in [1.165, 1.54) is 30.3 Å². The molecule has 0 fully saturated rings. The Morgan fingerprint density at radius 2 is 1.48 bits per heavy atom. The first-order chi connectivity index (χ1) is 12.0. The Kier molecular flexibility index (Phi) is 4.57. The van der Waals surface area contributed by atoms with Crippen molar-refractivity contribution in [1.82, 2.24) is 9.97 Å². The number of para-hydroxylation sites is 1. The van der Waals surface area contributed by atoms with Crippen molar-refractivity contribution in [2.24, 2.45) is 0 Å². The summed E-state index contributed by atoms with van der Waals surface area (Å²) in [5.74, 6) is -1.53. The van der Waals surface area contributed by atoms with E-state index in [2.05, 4.69) is 14.7 Å². The van der Waals surface area contributed by atoms with Gasteiger partial charge in [-0.05, 0) is 24.3 Å². The predicted molar refractivity (Wildman–Crippen MR) is 85.7 cm³/mol. The van der Waals surface area contributed by atoms with Crippen molar-refractivity contribution in [3.63, 3.8) is 0 Å². The fourth-order valence-corrected chi connectivity index (χ4v) is 3.03. The molecule has 0 spiro atoms. The zero-order valence-electron chi connectivity index (χ0n) is 12.6. The van der Waals surface area contributed by atoms with Gasteiger partial charge in [-0.25, -0.2) is 27.2 Å². The predicted octanol–water partition coefficient (Wildman–Crippen LogP) is 3.35. The number of ether oxygens (including phenoxy) is 1. The van der Waals surface area contributed by atoms with Gasteiger partial charge in [-0.3, -0.25) is 4.72 Å². The first-order valence-corrected chi connectivity index (χ1v) is 8.46. The van der Waals surface area contributed by atoms with Crippen LogP contribution >= 0.6 is 0 Å². The van der Waals surface area contributed by atoms with Crippen LogP contribution in [0.1, 0.15) is 0 Å². The fraction of sp³-hybridized carbons (Fsp3) is 0. The summed E-state index contributed by atoms with van der Waals surface area (Å²) < 4.78 is 58.8. The second-order valence-electron chi connectivity index (χ2n) is 4.82. The van der Waals surface area contributed by atoms with Crippen LogP contribution in [0.5, 0.6) is 11.8 Å². The van der Waals surface area contributed by atoms with Gasteiger partial charge in [0.05, 0.1) is 18.1 Å². The molecule has 0 atom stereocenters. The van der Waals surface area contributed by atoms with Gasteiger partial charge < -0.3 is 4.74 Å². The maximum atomic E-state index is 13.6. The lowest BCUT2D eigenvalue weighted by molar-refractivity contribution is 0.411. The second kappa shape index (κ2) is 6.81. The summed E-state index contributed by atoms with van der Waals surface area (Å²) in [6, 6.07) is 10.5. The van der Waals surface area contributed by atoms with Crippen LogP contribution in [-0.2, 0) is 10.0 Å². The van der Waals surface area contributed by atoms with Crippen LogP contribution < -0.4 is 9.46 Å². The Labute approximate surface area is 142 Å². The molecular formula is C16H11F2N3O3S. The number of hydrogen-bond acceptors (Lipinski definition) is 5. The van der Waals surface area contributed by atoms with Crippen LogP contribution in [0.4, 0.5) is 14.5 Å². The second-order valence-corrected chi connectivity index (χ2v) is 6.47. The van der Waals surface area contributed by atoms with E-state index in [0.29, 0.717) is 0 Å². The van der Waals surface area contributed by atoms with Gasteiger partial charge in [-0.15, -0.1) is 0 Å². The van der Waals surface area contributed by atoms with E-state index in [4.69, 9.17) is 4.74 Å². The number of halogens is 2. The first-order valence-electron chi connectivity index (χ1n) is 6.97. The Hall–Kier alpha value is -3.07. The van der Waals surface area contributed by atoms with Gasteiger partial charge >= 0.3 is 6.01 Å². The topological polar surface area (TPSA) is 81.2 Å². The monoisotopic (exact) mass is 363 g/mol. The largest absolute Gasteiger partial charge is 0.421 e. The number of anilines is 1. The van der Waals surface area contributed by atoms with Gasteiger partial charge in [0, 0.05) is 0 Å². The standard InChI is InChI=1S/C16H11F2N3O3S/c17-12-5-1-3-7-14(12)24-16-19-9-11(10-20-16)21-25(22,23)15-8-4-2-6-13(15)18/h1-10,21H. The number of aromatic nitrogens is 2. The molecule has 1 N–H and O–H groups in total. The van der Waals surface area contributed by atoms with Crippen molar-refractivity contribution in [1.29, 1.82) is 0 Å². The van der Waals surface area contributed by atoms with Crippen LogP contribution in [0, 0.1) is 11.6 Å². The summed E-state index contributed by atoms with van der Waals surface area (Å²) in [7, 11) is -4.13. The quantitative estimate of drug-likeness (QED) is 0.752. The Morgan fingerprint density at radius 3 is 2.12 bits per heavy atom. The molecule has 0 aliphatic rings. The molecule has 0 aliphatic carbocycles. The molecule has 0 saturated carbocycles. The summed E-state index contributed by atoms with van der Waals surface area (Å²) in [6.45, 7) is 0. The molecular weight excluding hydrogens is 352 g/mol. The number of sulfonamides is 1. The minimum atomic E-state index is -4.13. The van der Waals surface area contributed by atoms with E-state index in [1.807, 2.05) is 0 Å². The zero-order valence-corrected chi connectivity index (χ0v) is 13.4. The minimum Gasteiger partial charge on any atom is -0.421 e. The number of rotatable bonds is 5. The third-order valence-electron chi connectivity index (χ3n) is 3.04. The molecule has 1 heterocycles. The molecule has 0 saturated heterocycles. The number of benzene rings is 2. The molecule has 3 aromatic rings. The Balaban J connectivity index is 1.77. The van der Waals surface area contributed by atoms with E-state index < -0.39 is 26.6 Å². The molecule has 1 aromatic heterocycles. The van der Waals surface area contributed by atoms with Crippen molar-refractivity contribution >= 4 is 15.7 Å². The van der Waals surface area contributed by atoms with Gasteiger partial charge in [0.15, 0.2) is 11.6 Å². The van der Waals surface area contributed by atoms with Crippen molar-refractivity contribution < 1.29 is 21.9 Å². The summed E-state index contributed by atoms with van der Waals surface area (Å²) in [4.78, 5) is 7.09. The lowest BCUT2D eigenvalue weighted by atomic mass is 10.3. The molecule has 0 amide bonds. The smallest absolute Gasteiger partial charge is 0.322 e. The average Bonchev–Trinajstić information content (AvgIpc) is 2.58. The van der Waals surface area contributed by atoms with E-state index in [-0.39, 0.29) is 17.4 Å². The van der Waals surface area contributed by atoms with E-state index in [1.54, 1.807) is 6.07 Å². The lowest BCUT2D eigenvalue weighted by Gasteiger charge is -2.09. The number of hydrogen-bond donors (Lipinski definition) is 1. The van der Waals surface area contributed by atoms with Crippen molar-refractivity contribution in [2.75, 3.05) is 4.72 Å². The summed E-state index contributed by atoms with van der Waals surface area (Å²) in [5.41, 5.74) is 0.00383. The summed E-state index contributed by atoms with van der Waals surface area (Å²) in [5, 5.41) is 0. The molecule has 0 unspecified atom stereocenters. The molecule has 3 rings (SSSR count). The van der Waals surface area contributed by atoms with Crippen molar-refractivity contribution in [3.05, 3.63) is 72.6 Å². The van der Waals surface area contributed by atoms with Gasteiger partial charge in [0.2, 0.25) is 0 Å². The minimum absolute atomic E-state index is 0.00383. The average molecular weight is 363 g/mol. The summed E-state index contributed by atoms with van der Waals surface area (Å²) in [6.07, 6.45) is 2.25. The molecule has 0 radical (unpaired) electrons. The van der Waals surface area contributed by atoms with Crippen LogP contribution in [0.25, 0.3) is 0 Å². The van der Waals surface area contributed by atoms with Crippen LogP contribution in [-0.4, -0.2) is 18.4 Å². The lowest BCUT2D eigenvalue weighted by Crippen LogP contribution is -2.14. The third kappa shape index (κ3) is 3.89. The van der Waals surface area contributed by atoms with Crippen molar-refractivity contribution in [2.45, 2.75) is 4.90 Å². The van der Waals surface area contributed by atoms with Crippen LogP contribution in [0.3, 0.4) is 0 Å². The Morgan fingerprint density at radius 1 is 0.880 bits per heavy atom. The van der Waals surface area contributed by atoms with Crippen LogP contribution in [0.15, 0.2) is 65.8 Å². The Bertz CT molecular complexity index is 996. The van der Waals surface area contributed by atoms with Gasteiger partial charge in [-0.2, -0.15) is 0 Å². The molecule has 128 valence electrons. The number of nitrogens with zero attached hydrogens (tertiary/aromatic N) is 2. The van der Waals surface area contributed by atoms with E-state index >= 15 is 0 Å². The molecule has 2 aromatic carbocycles. The summed E-state index contributed by atoms with van der Waals surface area (Å²) >= 11 is 0. The van der Waals surface area contributed by atoms with Gasteiger partial charge in [0.1, 0.15) is 10.7 Å². The zero-order chi connectivity index (χ0) is 17.9. The normalized spacial score (nSPS) is 11.1. The highest BCUT2D eigenvalue weighted by atomic mass is 32.2. The molecule has 9 heteroatoms. The third-order valence-corrected chi connectivity index (χ3v) is 4.46. The van der Waals surface area contributed by atoms with Crippen LogP contribution in [0.2, 0.25) is 0 Å². The SMILES string of the molecule is O=S(=O)(Nc1cnc(Oc2ccccc2F)nc1)c1ccccc1F. The maximum Gasteiger partial charge on any atom is 0.322 e. The highest BCUT2D eigenvalue weighted by Crippen LogP contribution is 2.22. The highest BCUT2D eigenvalue weighted by molar-refractivity contribution is 7.92. The van der Waals surface area contributed by atoms with Crippen molar-refractivity contribution in [3.8, 4) is 11.8 Å². The maximum absolute atomic E-state index is 13.6. The fourth-order valence-electron chi connectivity index (χ4n) is 1.92.